The molecule has 3 saturated carbocycles. The van der Waals surface area contributed by atoms with E-state index in [9.17, 15) is 0 Å². The lowest BCUT2D eigenvalue weighted by atomic mass is 9.79. The Bertz CT molecular complexity index is 258. The number of nitrogens with one attached hydrogen (secondary N) is 1. The zero-order valence-corrected chi connectivity index (χ0v) is 11.6. The van der Waals surface area contributed by atoms with Gasteiger partial charge in [0.1, 0.15) is 0 Å². The summed E-state index contributed by atoms with van der Waals surface area (Å²) in [6.07, 6.45) is 10.4. The van der Waals surface area contributed by atoms with Crippen LogP contribution in [0.1, 0.15) is 58.8 Å². The minimum absolute atomic E-state index is 0.889. The van der Waals surface area contributed by atoms with Gasteiger partial charge in [0.2, 0.25) is 0 Å². The van der Waals surface area contributed by atoms with Gasteiger partial charge in [-0.1, -0.05) is 33.1 Å². The largest absolute Gasteiger partial charge is 0.313 e. The molecule has 0 spiro atoms. The smallest absolute Gasteiger partial charge is 0.0101 e. The van der Waals surface area contributed by atoms with Crippen molar-refractivity contribution in [2.75, 3.05) is 6.54 Å². The first-order valence-electron chi connectivity index (χ1n) is 8.06. The SMILES string of the molecule is CCC(CC)CNC1CC2CC1C1CCCC21. The van der Waals surface area contributed by atoms with E-state index in [4.69, 9.17) is 0 Å². The molecule has 0 amide bonds. The fraction of sp³-hybridized carbons (Fsp3) is 1.00. The number of fused-ring (bicyclic) bond motifs is 5. The van der Waals surface area contributed by atoms with Gasteiger partial charge in [0.25, 0.3) is 0 Å². The molecule has 0 aliphatic heterocycles. The van der Waals surface area contributed by atoms with Gasteiger partial charge in [-0.05, 0) is 61.8 Å². The normalized spacial score (nSPS) is 43.6. The van der Waals surface area contributed by atoms with Crippen LogP contribution in [0.5, 0.6) is 0 Å². The minimum atomic E-state index is 0.889. The molecule has 2 bridgehead atoms. The minimum Gasteiger partial charge on any atom is -0.313 e. The Morgan fingerprint density at radius 3 is 2.53 bits per heavy atom. The van der Waals surface area contributed by atoms with Gasteiger partial charge in [0, 0.05) is 6.04 Å². The molecule has 0 aromatic carbocycles. The fourth-order valence-corrected chi connectivity index (χ4v) is 5.20. The van der Waals surface area contributed by atoms with Crippen molar-refractivity contribution in [2.24, 2.45) is 29.6 Å². The van der Waals surface area contributed by atoms with Crippen LogP contribution in [-0.2, 0) is 0 Å². The molecule has 98 valence electrons. The number of rotatable bonds is 5. The Balaban J connectivity index is 1.53. The third kappa shape index (κ3) is 2.05. The van der Waals surface area contributed by atoms with Crippen LogP contribution in [0, 0.1) is 29.6 Å². The van der Waals surface area contributed by atoms with E-state index < -0.39 is 0 Å². The van der Waals surface area contributed by atoms with E-state index in [2.05, 4.69) is 19.2 Å². The Labute approximate surface area is 107 Å². The van der Waals surface area contributed by atoms with Crippen LogP contribution >= 0.6 is 0 Å². The van der Waals surface area contributed by atoms with Crippen molar-refractivity contribution < 1.29 is 0 Å². The van der Waals surface area contributed by atoms with E-state index in [1.165, 1.54) is 32.2 Å². The van der Waals surface area contributed by atoms with Crippen molar-refractivity contribution >= 4 is 0 Å². The molecule has 0 aromatic rings. The zero-order valence-electron chi connectivity index (χ0n) is 11.6. The molecule has 5 atom stereocenters. The van der Waals surface area contributed by atoms with Gasteiger partial charge in [0.15, 0.2) is 0 Å². The summed E-state index contributed by atoms with van der Waals surface area (Å²) >= 11 is 0. The molecular formula is C16H29N. The predicted molar refractivity (Wildman–Crippen MR) is 72.9 cm³/mol. The molecule has 3 aliphatic carbocycles. The van der Waals surface area contributed by atoms with Crippen LogP contribution < -0.4 is 5.32 Å². The Morgan fingerprint density at radius 2 is 1.76 bits per heavy atom. The standard InChI is InChI=1S/C16H29N/c1-3-11(4-2)10-17-16-9-12-8-15(16)14-7-5-6-13(12)14/h11-17H,3-10H2,1-2H3. The molecule has 17 heavy (non-hydrogen) atoms. The molecule has 0 heterocycles. The van der Waals surface area contributed by atoms with E-state index in [-0.39, 0.29) is 0 Å². The molecule has 3 fully saturated rings. The van der Waals surface area contributed by atoms with E-state index in [1.807, 2.05) is 0 Å². The number of hydrogen-bond donors (Lipinski definition) is 1. The highest BCUT2D eigenvalue weighted by molar-refractivity contribution is 5.05. The van der Waals surface area contributed by atoms with Gasteiger partial charge in [-0.3, -0.25) is 0 Å². The summed E-state index contributed by atoms with van der Waals surface area (Å²) in [5.74, 6) is 5.33. The van der Waals surface area contributed by atoms with Crippen molar-refractivity contribution in [1.82, 2.24) is 5.32 Å². The van der Waals surface area contributed by atoms with Gasteiger partial charge in [0.05, 0.1) is 0 Å². The van der Waals surface area contributed by atoms with Crippen LogP contribution in [0.3, 0.4) is 0 Å². The van der Waals surface area contributed by atoms with Crippen LogP contribution in [0.2, 0.25) is 0 Å². The summed E-state index contributed by atoms with van der Waals surface area (Å²) in [6.45, 7) is 5.95. The van der Waals surface area contributed by atoms with Crippen LogP contribution in [0.4, 0.5) is 0 Å². The molecule has 3 aliphatic rings. The molecular weight excluding hydrogens is 206 g/mol. The fourth-order valence-electron chi connectivity index (χ4n) is 5.20. The quantitative estimate of drug-likeness (QED) is 0.763. The summed E-state index contributed by atoms with van der Waals surface area (Å²) in [4.78, 5) is 0. The first-order valence-corrected chi connectivity index (χ1v) is 8.06. The zero-order chi connectivity index (χ0) is 11.8. The van der Waals surface area contributed by atoms with Crippen molar-refractivity contribution in [3.05, 3.63) is 0 Å². The van der Waals surface area contributed by atoms with Gasteiger partial charge in [-0.25, -0.2) is 0 Å². The van der Waals surface area contributed by atoms with Gasteiger partial charge >= 0.3 is 0 Å². The van der Waals surface area contributed by atoms with Gasteiger partial charge in [-0.2, -0.15) is 0 Å². The summed E-state index contributed by atoms with van der Waals surface area (Å²) < 4.78 is 0. The molecule has 1 nitrogen and oxygen atoms in total. The third-order valence-electron chi connectivity index (χ3n) is 6.25. The van der Waals surface area contributed by atoms with Crippen molar-refractivity contribution in [1.29, 1.82) is 0 Å². The lowest BCUT2D eigenvalue weighted by molar-refractivity contribution is 0.203. The first kappa shape index (κ1) is 12.0. The summed E-state index contributed by atoms with van der Waals surface area (Å²) in [6, 6.07) is 0.889. The maximum Gasteiger partial charge on any atom is 0.0101 e. The second-order valence-electron chi connectivity index (χ2n) is 6.85. The van der Waals surface area contributed by atoms with E-state index in [1.54, 1.807) is 19.3 Å². The van der Waals surface area contributed by atoms with E-state index in [0.717, 1.165) is 35.6 Å². The lowest BCUT2D eigenvalue weighted by Crippen LogP contribution is -2.41. The highest BCUT2D eigenvalue weighted by Crippen LogP contribution is 2.58. The van der Waals surface area contributed by atoms with Crippen molar-refractivity contribution in [3.63, 3.8) is 0 Å². The van der Waals surface area contributed by atoms with E-state index >= 15 is 0 Å². The molecule has 0 saturated heterocycles. The molecule has 3 rings (SSSR count). The predicted octanol–water partition coefficient (Wildman–Crippen LogP) is 3.84. The molecule has 0 aromatic heterocycles. The second kappa shape index (κ2) is 4.91. The maximum absolute atomic E-state index is 3.93. The summed E-state index contributed by atoms with van der Waals surface area (Å²) in [5, 5.41) is 3.93. The molecule has 1 heteroatoms. The number of hydrogen-bond acceptors (Lipinski definition) is 1. The van der Waals surface area contributed by atoms with Gasteiger partial charge < -0.3 is 5.32 Å². The highest BCUT2D eigenvalue weighted by Gasteiger charge is 2.53. The van der Waals surface area contributed by atoms with Crippen molar-refractivity contribution in [3.8, 4) is 0 Å². The molecule has 1 N–H and O–H groups in total. The Morgan fingerprint density at radius 1 is 1.00 bits per heavy atom. The van der Waals surface area contributed by atoms with Crippen molar-refractivity contribution in [2.45, 2.75) is 64.8 Å². The average Bonchev–Trinajstić information content (AvgIpc) is 3.02. The summed E-state index contributed by atoms with van der Waals surface area (Å²) in [7, 11) is 0. The monoisotopic (exact) mass is 235 g/mol. The summed E-state index contributed by atoms with van der Waals surface area (Å²) in [5.41, 5.74) is 0. The Hall–Kier alpha value is -0.0400. The third-order valence-corrected chi connectivity index (χ3v) is 6.25. The first-order chi connectivity index (χ1) is 8.33. The molecule has 5 unspecified atom stereocenters. The lowest BCUT2D eigenvalue weighted by Gasteiger charge is -2.33. The average molecular weight is 235 g/mol. The Kier molecular flexibility index (Phi) is 3.47. The van der Waals surface area contributed by atoms with Gasteiger partial charge in [-0.15, -0.1) is 0 Å². The second-order valence-corrected chi connectivity index (χ2v) is 6.85. The van der Waals surface area contributed by atoms with Crippen LogP contribution in [-0.4, -0.2) is 12.6 Å². The van der Waals surface area contributed by atoms with Crippen LogP contribution in [0.25, 0.3) is 0 Å². The molecule has 0 radical (unpaired) electrons. The highest BCUT2D eigenvalue weighted by atomic mass is 14.9. The van der Waals surface area contributed by atoms with Crippen LogP contribution in [0.15, 0.2) is 0 Å². The van der Waals surface area contributed by atoms with E-state index in [0.29, 0.717) is 0 Å². The maximum atomic E-state index is 3.93. The topological polar surface area (TPSA) is 12.0 Å².